The van der Waals surface area contributed by atoms with E-state index in [1.54, 1.807) is 18.9 Å². The van der Waals surface area contributed by atoms with Gasteiger partial charge in [0.15, 0.2) is 0 Å². The molecule has 0 N–H and O–H groups in total. The van der Waals surface area contributed by atoms with Gasteiger partial charge in [-0.2, -0.15) is 0 Å². The maximum Gasteiger partial charge on any atom is 0.237 e. The topological polar surface area (TPSA) is 29.5 Å². The summed E-state index contributed by atoms with van der Waals surface area (Å²) >= 11 is 1.55. The molecule has 0 aliphatic carbocycles. The third-order valence-corrected chi connectivity index (χ3v) is 4.69. The number of carbonyl (C=O) groups is 1. The van der Waals surface area contributed by atoms with E-state index in [9.17, 15) is 4.79 Å². The fourth-order valence-corrected chi connectivity index (χ4v) is 3.16. The molecule has 2 aromatic carbocycles. The van der Waals surface area contributed by atoms with Crippen molar-refractivity contribution in [2.24, 2.45) is 0 Å². The molecule has 23 heavy (non-hydrogen) atoms. The van der Waals surface area contributed by atoms with Crippen LogP contribution in [0.1, 0.15) is 18.1 Å². The molecule has 122 valence electrons. The van der Waals surface area contributed by atoms with Crippen molar-refractivity contribution in [3.05, 3.63) is 53.6 Å². The van der Waals surface area contributed by atoms with E-state index in [2.05, 4.69) is 18.2 Å². The average molecular weight is 329 g/mol. The zero-order chi connectivity index (χ0) is 16.8. The van der Waals surface area contributed by atoms with Gasteiger partial charge in [0.05, 0.1) is 12.9 Å². The van der Waals surface area contributed by atoms with Crippen LogP contribution in [0.25, 0.3) is 0 Å². The van der Waals surface area contributed by atoms with Gasteiger partial charge in [0.1, 0.15) is 5.75 Å². The summed E-state index contributed by atoms with van der Waals surface area (Å²) in [5, 5.41) is 0. The minimum absolute atomic E-state index is 0.127. The van der Waals surface area contributed by atoms with Crippen molar-refractivity contribution in [2.75, 3.05) is 24.3 Å². The van der Waals surface area contributed by atoms with Crippen molar-refractivity contribution in [3.63, 3.8) is 0 Å². The molecule has 0 bridgehead atoms. The third kappa shape index (κ3) is 4.52. The summed E-state index contributed by atoms with van der Waals surface area (Å²) in [4.78, 5) is 15.5. The Hall–Kier alpha value is -1.94. The van der Waals surface area contributed by atoms with Crippen molar-refractivity contribution in [2.45, 2.75) is 25.7 Å². The lowest BCUT2D eigenvalue weighted by molar-refractivity contribution is -0.116. The smallest absolute Gasteiger partial charge is 0.237 e. The second-order valence-electron chi connectivity index (χ2n) is 5.39. The quantitative estimate of drug-likeness (QED) is 0.733. The standard InChI is InChI=1S/C19H23NO2S/c1-5-20(18-12-14(2)6-7-15(18)3)19(21)13-23-17-10-8-16(22-4)9-11-17/h6-12H,5,13H2,1-4H3. The third-order valence-electron chi connectivity index (χ3n) is 3.69. The number of benzene rings is 2. The van der Waals surface area contributed by atoms with Gasteiger partial charge in [0.2, 0.25) is 5.91 Å². The maximum atomic E-state index is 12.6. The lowest BCUT2D eigenvalue weighted by Gasteiger charge is -2.23. The van der Waals surface area contributed by atoms with Crippen LogP contribution in [0.15, 0.2) is 47.4 Å². The van der Waals surface area contributed by atoms with E-state index < -0.39 is 0 Å². The molecule has 2 aromatic rings. The second-order valence-corrected chi connectivity index (χ2v) is 6.44. The van der Waals surface area contributed by atoms with Crippen LogP contribution < -0.4 is 9.64 Å². The van der Waals surface area contributed by atoms with Gasteiger partial charge < -0.3 is 9.64 Å². The molecule has 0 aromatic heterocycles. The Labute approximate surface area is 142 Å². The summed E-state index contributed by atoms with van der Waals surface area (Å²) in [6.07, 6.45) is 0. The number of nitrogens with zero attached hydrogens (tertiary/aromatic N) is 1. The SMILES string of the molecule is CCN(C(=O)CSc1ccc(OC)cc1)c1cc(C)ccc1C. The zero-order valence-electron chi connectivity index (χ0n) is 14.1. The average Bonchev–Trinajstić information content (AvgIpc) is 2.57. The number of rotatable bonds is 6. The fraction of sp³-hybridized carbons (Fsp3) is 0.316. The summed E-state index contributed by atoms with van der Waals surface area (Å²) in [5.41, 5.74) is 3.30. The molecule has 0 spiro atoms. The Morgan fingerprint density at radius 3 is 2.43 bits per heavy atom. The van der Waals surface area contributed by atoms with Gasteiger partial charge in [-0.25, -0.2) is 0 Å². The van der Waals surface area contributed by atoms with Crippen molar-refractivity contribution >= 4 is 23.4 Å². The fourth-order valence-electron chi connectivity index (χ4n) is 2.39. The molecule has 0 saturated carbocycles. The van der Waals surface area contributed by atoms with Crippen LogP contribution in [0, 0.1) is 13.8 Å². The molecule has 4 heteroatoms. The lowest BCUT2D eigenvalue weighted by atomic mass is 10.1. The Morgan fingerprint density at radius 1 is 1.13 bits per heavy atom. The molecule has 0 heterocycles. The van der Waals surface area contributed by atoms with Crippen LogP contribution in [0.3, 0.4) is 0 Å². The summed E-state index contributed by atoms with van der Waals surface area (Å²) in [7, 11) is 1.65. The van der Waals surface area contributed by atoms with Crippen molar-refractivity contribution in [3.8, 4) is 5.75 Å². The molecule has 0 radical (unpaired) electrons. The first-order valence-electron chi connectivity index (χ1n) is 7.69. The zero-order valence-corrected chi connectivity index (χ0v) is 14.9. The minimum atomic E-state index is 0.127. The summed E-state index contributed by atoms with van der Waals surface area (Å²) in [6, 6.07) is 14.0. The largest absolute Gasteiger partial charge is 0.497 e. The molecule has 0 aliphatic rings. The van der Waals surface area contributed by atoms with Crippen LogP contribution >= 0.6 is 11.8 Å². The van der Waals surface area contributed by atoms with Gasteiger partial charge >= 0.3 is 0 Å². The summed E-state index contributed by atoms with van der Waals surface area (Å²) in [5.74, 6) is 1.38. The minimum Gasteiger partial charge on any atom is -0.497 e. The van der Waals surface area contributed by atoms with Crippen LogP contribution in [-0.2, 0) is 4.79 Å². The highest BCUT2D eigenvalue weighted by Crippen LogP contribution is 2.25. The van der Waals surface area contributed by atoms with E-state index in [1.807, 2.05) is 49.9 Å². The highest BCUT2D eigenvalue weighted by Gasteiger charge is 2.16. The van der Waals surface area contributed by atoms with E-state index in [0.717, 1.165) is 21.9 Å². The molecule has 0 saturated heterocycles. The number of hydrogen-bond acceptors (Lipinski definition) is 3. The van der Waals surface area contributed by atoms with Crippen molar-refractivity contribution < 1.29 is 9.53 Å². The number of carbonyl (C=O) groups excluding carboxylic acids is 1. The van der Waals surface area contributed by atoms with E-state index >= 15 is 0 Å². The highest BCUT2D eigenvalue weighted by atomic mass is 32.2. The van der Waals surface area contributed by atoms with Gasteiger partial charge in [-0.05, 0) is 62.2 Å². The Kier molecular flexibility index (Phi) is 6.11. The van der Waals surface area contributed by atoms with Gasteiger partial charge in [-0.3, -0.25) is 4.79 Å². The van der Waals surface area contributed by atoms with E-state index in [4.69, 9.17) is 4.74 Å². The number of thioether (sulfide) groups is 1. The van der Waals surface area contributed by atoms with Gasteiger partial charge in [0, 0.05) is 17.1 Å². The normalized spacial score (nSPS) is 10.4. The van der Waals surface area contributed by atoms with Crippen LogP contribution in [0.5, 0.6) is 5.75 Å². The first kappa shape index (κ1) is 17.4. The predicted molar refractivity (Wildman–Crippen MR) is 97.7 cm³/mol. The summed E-state index contributed by atoms with van der Waals surface area (Å²) in [6.45, 7) is 6.78. The number of anilines is 1. The molecule has 0 fully saturated rings. The second kappa shape index (κ2) is 8.06. The van der Waals surface area contributed by atoms with Crippen molar-refractivity contribution in [1.29, 1.82) is 0 Å². The molecule has 2 rings (SSSR count). The number of methoxy groups -OCH3 is 1. The van der Waals surface area contributed by atoms with E-state index in [1.165, 1.54) is 5.56 Å². The molecule has 0 atom stereocenters. The van der Waals surface area contributed by atoms with Gasteiger partial charge in [-0.15, -0.1) is 11.8 Å². The molecule has 1 amide bonds. The van der Waals surface area contributed by atoms with Gasteiger partial charge in [0.25, 0.3) is 0 Å². The predicted octanol–water partition coefficient (Wildman–Crippen LogP) is 4.46. The Morgan fingerprint density at radius 2 is 1.83 bits per heavy atom. The molecule has 3 nitrogen and oxygen atoms in total. The number of ether oxygens (including phenoxy) is 1. The number of amides is 1. The molecular formula is C19H23NO2S. The lowest BCUT2D eigenvalue weighted by Crippen LogP contribution is -2.32. The Bertz CT molecular complexity index is 668. The summed E-state index contributed by atoms with van der Waals surface area (Å²) < 4.78 is 5.15. The van der Waals surface area contributed by atoms with Crippen molar-refractivity contribution in [1.82, 2.24) is 0 Å². The first-order valence-corrected chi connectivity index (χ1v) is 8.68. The van der Waals surface area contributed by atoms with Gasteiger partial charge in [-0.1, -0.05) is 12.1 Å². The Balaban J connectivity index is 2.06. The van der Waals surface area contributed by atoms with Crippen LogP contribution in [0.2, 0.25) is 0 Å². The van der Waals surface area contributed by atoms with Crippen LogP contribution in [-0.4, -0.2) is 25.3 Å². The monoisotopic (exact) mass is 329 g/mol. The number of aryl methyl sites for hydroxylation is 2. The molecule has 0 unspecified atom stereocenters. The van der Waals surface area contributed by atoms with Crippen LogP contribution in [0.4, 0.5) is 5.69 Å². The molecule has 0 aliphatic heterocycles. The molecular weight excluding hydrogens is 306 g/mol. The number of hydrogen-bond donors (Lipinski definition) is 0. The first-order chi connectivity index (χ1) is 11.0. The van der Waals surface area contributed by atoms with E-state index in [-0.39, 0.29) is 5.91 Å². The van der Waals surface area contributed by atoms with E-state index in [0.29, 0.717) is 12.3 Å². The highest BCUT2D eigenvalue weighted by molar-refractivity contribution is 8.00. The maximum absolute atomic E-state index is 12.6.